The number of hydrogen-bond donors (Lipinski definition) is 1. The number of benzene rings is 1. The zero-order valence-electron chi connectivity index (χ0n) is 8.84. The lowest BCUT2D eigenvalue weighted by molar-refractivity contribution is 1.04. The minimum absolute atomic E-state index is 0.718. The fraction of sp³-hybridized carbons (Fsp3) is 0.0909. The quantitative estimate of drug-likeness (QED) is 0.707. The van der Waals surface area contributed by atoms with E-state index in [1.54, 1.807) is 0 Å². The fourth-order valence-electron chi connectivity index (χ4n) is 1.32. The van der Waals surface area contributed by atoms with Crippen molar-refractivity contribution in [2.45, 2.75) is 6.92 Å². The SMILES string of the molecule is Cc1nc(Br)cc(Nc2ccc(Br)cc2Br)n1. The van der Waals surface area contributed by atoms with Gasteiger partial charge < -0.3 is 5.32 Å². The predicted molar refractivity (Wildman–Crippen MR) is 79.6 cm³/mol. The van der Waals surface area contributed by atoms with Gasteiger partial charge in [0.1, 0.15) is 16.2 Å². The average Bonchev–Trinajstić information content (AvgIpc) is 2.21. The van der Waals surface area contributed by atoms with Crippen LogP contribution in [0.1, 0.15) is 5.82 Å². The van der Waals surface area contributed by atoms with Crippen LogP contribution < -0.4 is 5.32 Å². The maximum Gasteiger partial charge on any atom is 0.135 e. The number of hydrogen-bond acceptors (Lipinski definition) is 3. The number of halogens is 3. The highest BCUT2D eigenvalue weighted by atomic mass is 79.9. The zero-order chi connectivity index (χ0) is 12.4. The lowest BCUT2D eigenvalue weighted by Crippen LogP contribution is -1.97. The summed E-state index contributed by atoms with van der Waals surface area (Å²) in [5, 5.41) is 3.23. The number of nitrogens with one attached hydrogen (secondary N) is 1. The molecule has 0 fully saturated rings. The zero-order valence-corrected chi connectivity index (χ0v) is 13.6. The molecule has 0 aliphatic heterocycles. The van der Waals surface area contributed by atoms with Gasteiger partial charge in [0.15, 0.2) is 0 Å². The molecular weight excluding hydrogens is 414 g/mol. The van der Waals surface area contributed by atoms with Crippen molar-refractivity contribution in [3.05, 3.63) is 43.6 Å². The van der Waals surface area contributed by atoms with Gasteiger partial charge in [-0.2, -0.15) is 0 Å². The largest absolute Gasteiger partial charge is 0.339 e. The van der Waals surface area contributed by atoms with Crippen molar-refractivity contribution in [1.82, 2.24) is 9.97 Å². The highest BCUT2D eigenvalue weighted by molar-refractivity contribution is 9.11. The number of aromatic nitrogens is 2. The molecule has 0 bridgehead atoms. The summed E-state index contributed by atoms with van der Waals surface area (Å²) in [7, 11) is 0. The van der Waals surface area contributed by atoms with Gasteiger partial charge in [0, 0.05) is 15.0 Å². The van der Waals surface area contributed by atoms with Crippen molar-refractivity contribution in [2.75, 3.05) is 5.32 Å². The summed E-state index contributed by atoms with van der Waals surface area (Å²) in [5.74, 6) is 1.47. The van der Waals surface area contributed by atoms with Crippen molar-refractivity contribution in [1.29, 1.82) is 0 Å². The fourth-order valence-corrected chi connectivity index (χ4v) is 2.94. The molecule has 0 atom stereocenters. The summed E-state index contributed by atoms with van der Waals surface area (Å²) in [6.07, 6.45) is 0. The first-order chi connectivity index (χ1) is 8.04. The molecule has 6 heteroatoms. The number of anilines is 2. The number of aryl methyl sites for hydroxylation is 1. The van der Waals surface area contributed by atoms with Crippen LogP contribution in [0.15, 0.2) is 37.8 Å². The number of rotatable bonds is 2. The van der Waals surface area contributed by atoms with Gasteiger partial charge in [-0.05, 0) is 57.0 Å². The molecular formula is C11H8Br3N3. The summed E-state index contributed by atoms with van der Waals surface area (Å²) >= 11 is 10.3. The van der Waals surface area contributed by atoms with Gasteiger partial charge in [-0.1, -0.05) is 15.9 Å². The van der Waals surface area contributed by atoms with Crippen molar-refractivity contribution in [3.8, 4) is 0 Å². The standard InChI is InChI=1S/C11H8Br3N3/c1-6-15-10(14)5-11(16-6)17-9-3-2-7(12)4-8(9)13/h2-5H,1H3,(H,15,16,17). The maximum atomic E-state index is 4.31. The van der Waals surface area contributed by atoms with E-state index in [1.807, 2.05) is 31.2 Å². The molecule has 1 aromatic carbocycles. The second-order valence-corrected chi connectivity index (χ2v) is 5.95. The van der Waals surface area contributed by atoms with Crippen LogP contribution in [0.2, 0.25) is 0 Å². The smallest absolute Gasteiger partial charge is 0.135 e. The molecule has 17 heavy (non-hydrogen) atoms. The Morgan fingerprint density at radius 2 is 1.82 bits per heavy atom. The van der Waals surface area contributed by atoms with Crippen LogP contribution in [-0.4, -0.2) is 9.97 Å². The maximum absolute atomic E-state index is 4.31. The van der Waals surface area contributed by atoms with Crippen LogP contribution in [0.5, 0.6) is 0 Å². The number of nitrogens with zero attached hydrogens (tertiary/aromatic N) is 2. The highest BCUT2D eigenvalue weighted by Crippen LogP contribution is 2.28. The van der Waals surface area contributed by atoms with E-state index in [0.717, 1.165) is 30.9 Å². The first kappa shape index (κ1) is 13.0. The topological polar surface area (TPSA) is 37.8 Å². The van der Waals surface area contributed by atoms with Gasteiger partial charge in [-0.15, -0.1) is 0 Å². The molecule has 88 valence electrons. The van der Waals surface area contributed by atoms with Crippen LogP contribution >= 0.6 is 47.8 Å². The first-order valence-corrected chi connectivity index (χ1v) is 7.16. The van der Waals surface area contributed by atoms with E-state index < -0.39 is 0 Å². The third kappa shape index (κ3) is 3.50. The molecule has 0 radical (unpaired) electrons. The van der Waals surface area contributed by atoms with Gasteiger partial charge in [-0.3, -0.25) is 0 Å². The Balaban J connectivity index is 2.31. The van der Waals surface area contributed by atoms with Crippen molar-refractivity contribution in [2.24, 2.45) is 0 Å². The van der Waals surface area contributed by atoms with E-state index in [0.29, 0.717) is 0 Å². The van der Waals surface area contributed by atoms with Gasteiger partial charge in [0.25, 0.3) is 0 Å². The van der Waals surface area contributed by atoms with Crippen LogP contribution in [0.25, 0.3) is 0 Å². The summed E-state index contributed by atoms with van der Waals surface area (Å²) in [6.45, 7) is 1.85. The molecule has 1 heterocycles. The molecule has 0 saturated heterocycles. The van der Waals surface area contributed by atoms with E-state index in [2.05, 4.69) is 63.1 Å². The van der Waals surface area contributed by atoms with Crippen LogP contribution in [0.3, 0.4) is 0 Å². The Bertz CT molecular complexity index is 537. The van der Waals surface area contributed by atoms with E-state index in [9.17, 15) is 0 Å². The Morgan fingerprint density at radius 3 is 2.47 bits per heavy atom. The molecule has 1 N–H and O–H groups in total. The van der Waals surface area contributed by atoms with Crippen LogP contribution in [0.4, 0.5) is 11.5 Å². The molecule has 2 aromatic rings. The summed E-state index contributed by atoms with van der Waals surface area (Å²) in [4.78, 5) is 8.47. The highest BCUT2D eigenvalue weighted by Gasteiger charge is 2.04. The lowest BCUT2D eigenvalue weighted by atomic mass is 10.3. The summed E-state index contributed by atoms with van der Waals surface area (Å²) in [5.41, 5.74) is 0.957. The third-order valence-electron chi connectivity index (χ3n) is 2.00. The van der Waals surface area contributed by atoms with Gasteiger partial charge in [-0.25, -0.2) is 9.97 Å². The molecule has 0 spiro atoms. The minimum Gasteiger partial charge on any atom is -0.339 e. The molecule has 0 amide bonds. The summed E-state index contributed by atoms with van der Waals surface area (Å²) < 4.78 is 2.76. The normalized spacial score (nSPS) is 10.4. The molecule has 2 rings (SSSR count). The van der Waals surface area contributed by atoms with E-state index in [-0.39, 0.29) is 0 Å². The third-order valence-corrected chi connectivity index (χ3v) is 3.56. The molecule has 0 aliphatic carbocycles. The lowest BCUT2D eigenvalue weighted by Gasteiger charge is -2.08. The van der Waals surface area contributed by atoms with Gasteiger partial charge >= 0.3 is 0 Å². The van der Waals surface area contributed by atoms with E-state index in [4.69, 9.17) is 0 Å². The predicted octanol–water partition coefficient (Wildman–Crippen LogP) is 4.82. The van der Waals surface area contributed by atoms with Crippen LogP contribution in [0, 0.1) is 6.92 Å². The van der Waals surface area contributed by atoms with Crippen molar-refractivity contribution >= 4 is 59.3 Å². The van der Waals surface area contributed by atoms with Gasteiger partial charge in [0.05, 0.1) is 5.69 Å². The summed E-state index contributed by atoms with van der Waals surface area (Å²) in [6, 6.07) is 7.75. The van der Waals surface area contributed by atoms with E-state index in [1.165, 1.54) is 0 Å². The van der Waals surface area contributed by atoms with E-state index >= 15 is 0 Å². The monoisotopic (exact) mass is 419 g/mol. The van der Waals surface area contributed by atoms with Gasteiger partial charge in [0.2, 0.25) is 0 Å². The average molecular weight is 422 g/mol. The van der Waals surface area contributed by atoms with Crippen molar-refractivity contribution < 1.29 is 0 Å². The second kappa shape index (κ2) is 5.46. The Hall–Kier alpha value is -0.460. The Labute approximate surface area is 124 Å². The first-order valence-electron chi connectivity index (χ1n) is 4.78. The molecule has 0 unspecified atom stereocenters. The Kier molecular flexibility index (Phi) is 4.17. The van der Waals surface area contributed by atoms with Crippen molar-refractivity contribution in [3.63, 3.8) is 0 Å². The Morgan fingerprint density at radius 1 is 1.06 bits per heavy atom. The second-order valence-electron chi connectivity index (χ2n) is 3.37. The minimum atomic E-state index is 0.718. The molecule has 3 nitrogen and oxygen atoms in total. The molecule has 0 aliphatic rings. The molecule has 1 aromatic heterocycles. The molecule has 0 saturated carbocycles. The van der Waals surface area contributed by atoms with Crippen LogP contribution in [-0.2, 0) is 0 Å².